The lowest BCUT2D eigenvalue weighted by Crippen LogP contribution is -2.24. The van der Waals surface area contributed by atoms with Crippen molar-refractivity contribution in [1.29, 1.82) is 0 Å². The molecule has 2 aromatic carbocycles. The smallest absolute Gasteiger partial charge is 0.241 e. The maximum Gasteiger partial charge on any atom is 0.241 e. The summed E-state index contributed by atoms with van der Waals surface area (Å²) in [5.74, 6) is -0.636. The summed E-state index contributed by atoms with van der Waals surface area (Å²) in [6.45, 7) is 0. The number of para-hydroxylation sites is 3. The summed E-state index contributed by atoms with van der Waals surface area (Å²) in [6.07, 6.45) is 0. The SMILES string of the molecule is O=C([O-])CSc1nnc2n(-c3ccccc3)c3ccccc3n12. The lowest BCUT2D eigenvalue weighted by molar-refractivity contribution is -0.301. The second kappa shape index (κ2) is 5.44. The first-order valence-corrected chi connectivity index (χ1v) is 7.97. The topological polar surface area (TPSA) is 75.2 Å². The van der Waals surface area contributed by atoms with Crippen molar-refractivity contribution >= 4 is 34.5 Å². The molecule has 0 atom stereocenters. The molecule has 0 radical (unpaired) electrons. The summed E-state index contributed by atoms with van der Waals surface area (Å²) in [6, 6.07) is 17.7. The van der Waals surface area contributed by atoms with Gasteiger partial charge in [0.25, 0.3) is 0 Å². The van der Waals surface area contributed by atoms with Gasteiger partial charge in [0.1, 0.15) is 0 Å². The lowest BCUT2D eigenvalue weighted by atomic mass is 10.3. The Morgan fingerprint density at radius 1 is 1.00 bits per heavy atom. The third kappa shape index (κ3) is 2.25. The quantitative estimate of drug-likeness (QED) is 0.532. The molecule has 0 bridgehead atoms. The van der Waals surface area contributed by atoms with Gasteiger partial charge in [0.05, 0.1) is 17.0 Å². The normalized spacial score (nSPS) is 11.3. The molecule has 2 aromatic heterocycles. The summed E-state index contributed by atoms with van der Waals surface area (Å²) in [7, 11) is 0. The van der Waals surface area contributed by atoms with Crippen LogP contribution in [0.3, 0.4) is 0 Å². The van der Waals surface area contributed by atoms with Crippen molar-refractivity contribution in [3.8, 4) is 5.69 Å². The number of carboxylic acids is 1. The molecule has 0 saturated heterocycles. The number of benzene rings is 2. The highest BCUT2D eigenvalue weighted by Gasteiger charge is 2.17. The number of imidazole rings is 1. The third-order valence-electron chi connectivity index (χ3n) is 3.51. The van der Waals surface area contributed by atoms with Gasteiger partial charge in [0.15, 0.2) is 5.16 Å². The maximum atomic E-state index is 10.7. The molecule has 0 aliphatic rings. The molecule has 0 aliphatic heterocycles. The molecule has 4 rings (SSSR count). The fourth-order valence-electron chi connectivity index (χ4n) is 2.62. The van der Waals surface area contributed by atoms with E-state index in [-0.39, 0.29) is 5.75 Å². The summed E-state index contributed by atoms with van der Waals surface area (Å²) in [5, 5.41) is 19.6. The van der Waals surface area contributed by atoms with Gasteiger partial charge in [0.2, 0.25) is 5.78 Å². The zero-order valence-corrected chi connectivity index (χ0v) is 12.7. The Labute approximate surface area is 135 Å². The molecule has 7 heteroatoms. The number of nitrogens with zero attached hydrogens (tertiary/aromatic N) is 4. The van der Waals surface area contributed by atoms with E-state index in [1.54, 1.807) is 0 Å². The van der Waals surface area contributed by atoms with Gasteiger partial charge in [-0.3, -0.25) is 8.97 Å². The minimum atomic E-state index is -1.13. The molecule has 0 aliphatic carbocycles. The van der Waals surface area contributed by atoms with Crippen LogP contribution in [0.2, 0.25) is 0 Å². The highest BCUT2D eigenvalue weighted by atomic mass is 32.2. The number of aromatic nitrogens is 4. The highest BCUT2D eigenvalue weighted by molar-refractivity contribution is 7.99. The molecule has 0 amide bonds. The third-order valence-corrected chi connectivity index (χ3v) is 4.42. The number of hydrogen-bond acceptors (Lipinski definition) is 5. The molecule has 23 heavy (non-hydrogen) atoms. The Morgan fingerprint density at radius 2 is 1.70 bits per heavy atom. The predicted octanol–water partition coefficient (Wildman–Crippen LogP) is 1.52. The Bertz CT molecular complexity index is 1010. The van der Waals surface area contributed by atoms with Crippen molar-refractivity contribution in [3.05, 3.63) is 54.6 Å². The van der Waals surface area contributed by atoms with Crippen LogP contribution in [0.4, 0.5) is 0 Å². The van der Waals surface area contributed by atoms with E-state index in [0.29, 0.717) is 10.9 Å². The first-order chi connectivity index (χ1) is 11.3. The zero-order chi connectivity index (χ0) is 15.8. The van der Waals surface area contributed by atoms with E-state index in [4.69, 9.17) is 0 Å². The fourth-order valence-corrected chi connectivity index (χ4v) is 3.27. The van der Waals surface area contributed by atoms with Crippen LogP contribution in [-0.4, -0.2) is 30.9 Å². The number of rotatable bonds is 4. The number of carbonyl (C=O) groups excluding carboxylic acids is 1. The predicted molar refractivity (Wildman–Crippen MR) is 85.6 cm³/mol. The first kappa shape index (κ1) is 13.8. The van der Waals surface area contributed by atoms with Crippen LogP contribution in [0.15, 0.2) is 59.8 Å². The molecule has 4 aromatic rings. The van der Waals surface area contributed by atoms with Crippen molar-refractivity contribution in [2.45, 2.75) is 5.16 Å². The minimum absolute atomic E-state index is 0.161. The van der Waals surface area contributed by atoms with E-state index in [1.165, 1.54) is 0 Å². The molecule has 0 saturated carbocycles. The van der Waals surface area contributed by atoms with Crippen LogP contribution in [0.25, 0.3) is 22.5 Å². The van der Waals surface area contributed by atoms with Crippen molar-refractivity contribution in [1.82, 2.24) is 19.2 Å². The first-order valence-electron chi connectivity index (χ1n) is 6.98. The van der Waals surface area contributed by atoms with Crippen LogP contribution < -0.4 is 5.11 Å². The number of fused-ring (bicyclic) bond motifs is 3. The van der Waals surface area contributed by atoms with Gasteiger partial charge in [-0.15, -0.1) is 10.2 Å². The number of carboxylic acid groups (broad SMARTS) is 1. The molecule has 0 N–H and O–H groups in total. The molecule has 2 heterocycles. The number of carbonyl (C=O) groups is 1. The molecular weight excluding hydrogens is 312 g/mol. The van der Waals surface area contributed by atoms with E-state index < -0.39 is 5.97 Å². The summed E-state index contributed by atoms with van der Waals surface area (Å²) in [5.41, 5.74) is 2.89. The fraction of sp³-hybridized carbons (Fsp3) is 0.0625. The van der Waals surface area contributed by atoms with Gasteiger partial charge in [-0.1, -0.05) is 42.1 Å². The number of aliphatic carboxylic acids is 1. The van der Waals surface area contributed by atoms with Crippen molar-refractivity contribution in [3.63, 3.8) is 0 Å². The monoisotopic (exact) mass is 323 g/mol. The standard InChI is InChI=1S/C16H12N4O2S/c21-14(22)10-23-16-18-17-15-19(11-6-2-1-3-7-11)12-8-4-5-9-13(12)20(15)16/h1-9H,10H2,(H,21,22)/p-1. The Balaban J connectivity index is 2.00. The maximum absolute atomic E-state index is 10.7. The van der Waals surface area contributed by atoms with E-state index in [2.05, 4.69) is 10.2 Å². The minimum Gasteiger partial charge on any atom is -0.549 e. The molecule has 0 unspecified atom stereocenters. The van der Waals surface area contributed by atoms with Crippen LogP contribution in [0.5, 0.6) is 0 Å². The molecule has 0 fully saturated rings. The lowest BCUT2D eigenvalue weighted by Gasteiger charge is -2.03. The number of hydrogen-bond donors (Lipinski definition) is 0. The van der Waals surface area contributed by atoms with Gasteiger partial charge in [-0.25, -0.2) is 0 Å². The van der Waals surface area contributed by atoms with E-state index in [0.717, 1.165) is 28.5 Å². The van der Waals surface area contributed by atoms with Gasteiger partial charge >= 0.3 is 0 Å². The molecule has 0 spiro atoms. The summed E-state index contributed by atoms with van der Waals surface area (Å²) >= 11 is 1.10. The Morgan fingerprint density at radius 3 is 2.43 bits per heavy atom. The average molecular weight is 323 g/mol. The Kier molecular flexibility index (Phi) is 3.27. The van der Waals surface area contributed by atoms with E-state index in [1.807, 2.05) is 63.6 Å². The highest BCUT2D eigenvalue weighted by Crippen LogP contribution is 2.28. The average Bonchev–Trinajstić information content (AvgIpc) is 3.11. The van der Waals surface area contributed by atoms with Crippen LogP contribution in [-0.2, 0) is 4.79 Å². The molecular formula is C16H11N4O2S-. The Hall–Kier alpha value is -2.80. The molecule has 6 nitrogen and oxygen atoms in total. The van der Waals surface area contributed by atoms with Crippen LogP contribution >= 0.6 is 11.8 Å². The van der Waals surface area contributed by atoms with E-state index in [9.17, 15) is 9.90 Å². The summed E-state index contributed by atoms with van der Waals surface area (Å²) < 4.78 is 3.88. The van der Waals surface area contributed by atoms with Crippen LogP contribution in [0, 0.1) is 0 Å². The summed E-state index contributed by atoms with van der Waals surface area (Å²) in [4.78, 5) is 10.7. The number of thioether (sulfide) groups is 1. The van der Waals surface area contributed by atoms with Crippen molar-refractivity contribution < 1.29 is 9.90 Å². The van der Waals surface area contributed by atoms with Gasteiger partial charge in [-0.05, 0) is 24.3 Å². The largest absolute Gasteiger partial charge is 0.549 e. The van der Waals surface area contributed by atoms with Crippen molar-refractivity contribution in [2.75, 3.05) is 5.75 Å². The van der Waals surface area contributed by atoms with Gasteiger partial charge in [0, 0.05) is 11.4 Å². The van der Waals surface area contributed by atoms with Crippen LogP contribution in [0.1, 0.15) is 0 Å². The second-order valence-corrected chi connectivity index (χ2v) is 5.88. The second-order valence-electron chi connectivity index (χ2n) is 4.94. The molecule has 114 valence electrons. The van der Waals surface area contributed by atoms with Gasteiger partial charge < -0.3 is 9.90 Å². The van der Waals surface area contributed by atoms with Gasteiger partial charge in [-0.2, -0.15) is 0 Å². The van der Waals surface area contributed by atoms with Crippen molar-refractivity contribution in [2.24, 2.45) is 0 Å². The van der Waals surface area contributed by atoms with E-state index >= 15 is 0 Å². The zero-order valence-electron chi connectivity index (χ0n) is 11.9.